The van der Waals surface area contributed by atoms with Crippen molar-refractivity contribution in [2.24, 2.45) is 0 Å². The molecule has 2 aromatic heterocycles. The Morgan fingerprint density at radius 1 is 1.21 bits per heavy atom. The molecule has 0 saturated carbocycles. The Bertz CT molecular complexity index is 1420. The molecule has 3 N–H and O–H groups in total. The largest absolute Gasteiger partial charge is 0.467 e. The molecule has 206 valence electrons. The monoisotopic (exact) mass is 556 g/mol. The summed E-state index contributed by atoms with van der Waals surface area (Å²) in [5, 5.41) is 0.692. The van der Waals surface area contributed by atoms with Gasteiger partial charge in [0, 0.05) is 43.0 Å². The molecule has 5 rings (SSSR count). The van der Waals surface area contributed by atoms with Gasteiger partial charge in [-0.05, 0) is 43.0 Å². The topological polar surface area (TPSA) is 142 Å². The van der Waals surface area contributed by atoms with E-state index in [-0.39, 0.29) is 36.2 Å². The number of nitrogens with zero attached hydrogens (tertiary/aromatic N) is 5. The van der Waals surface area contributed by atoms with E-state index in [4.69, 9.17) is 10.5 Å². The third kappa shape index (κ3) is 5.11. The Labute approximate surface area is 227 Å². The minimum Gasteiger partial charge on any atom is -0.467 e. The number of benzene rings is 1. The summed E-state index contributed by atoms with van der Waals surface area (Å²) in [6.45, 7) is 1.91. The fraction of sp³-hybridized carbons (Fsp3) is 0.385. The molecule has 1 unspecified atom stereocenters. The molecule has 4 heterocycles. The molecule has 39 heavy (non-hydrogen) atoms. The molecular formula is C26H29FN6O5S. The summed E-state index contributed by atoms with van der Waals surface area (Å²) in [5.41, 5.74) is 6.36. The number of ether oxygens (including phenoxy) is 1. The first-order valence-electron chi connectivity index (χ1n) is 12.6. The van der Waals surface area contributed by atoms with Crippen molar-refractivity contribution in [1.29, 1.82) is 0 Å². The number of halogens is 1. The average molecular weight is 557 g/mol. The highest BCUT2D eigenvalue weighted by Gasteiger charge is 2.44. The van der Waals surface area contributed by atoms with Crippen LogP contribution in [0.4, 0.5) is 21.7 Å². The number of anilines is 3. The first-order chi connectivity index (χ1) is 18.8. The summed E-state index contributed by atoms with van der Waals surface area (Å²) in [4.78, 5) is 38.2. The highest BCUT2D eigenvalue weighted by molar-refractivity contribution is 7.80. The molecule has 2 fully saturated rings. The number of amides is 1. The molecule has 1 aromatic carbocycles. The molecule has 3 aromatic rings. The Morgan fingerprint density at radius 2 is 1.97 bits per heavy atom. The summed E-state index contributed by atoms with van der Waals surface area (Å²) < 4.78 is 44.0. The van der Waals surface area contributed by atoms with Crippen LogP contribution in [-0.4, -0.2) is 74.3 Å². The van der Waals surface area contributed by atoms with Crippen molar-refractivity contribution in [2.45, 2.75) is 37.8 Å². The lowest BCUT2D eigenvalue weighted by Crippen LogP contribution is -2.49. The normalized spacial score (nSPS) is 18.9. The first-order valence-corrected chi connectivity index (χ1v) is 13.7. The maximum absolute atomic E-state index is 15.4. The second-order valence-corrected chi connectivity index (χ2v) is 10.4. The molecule has 3 atom stereocenters. The number of carbonyl (C=O) groups is 2. The zero-order valence-electron chi connectivity index (χ0n) is 21.3. The lowest BCUT2D eigenvalue weighted by molar-refractivity contribution is -0.151. The van der Waals surface area contributed by atoms with Gasteiger partial charge in [0.05, 0.1) is 19.0 Å². The van der Waals surface area contributed by atoms with Gasteiger partial charge in [-0.2, -0.15) is 0 Å². The van der Waals surface area contributed by atoms with Crippen LogP contribution in [0.2, 0.25) is 0 Å². The van der Waals surface area contributed by atoms with Crippen LogP contribution in [0, 0.1) is 5.82 Å². The van der Waals surface area contributed by atoms with Crippen molar-refractivity contribution in [3.05, 3.63) is 54.1 Å². The molecule has 1 amide bonds. The van der Waals surface area contributed by atoms with E-state index in [0.717, 1.165) is 36.1 Å². The van der Waals surface area contributed by atoms with Gasteiger partial charge in [-0.1, -0.05) is 12.1 Å². The van der Waals surface area contributed by atoms with Gasteiger partial charge in [0.1, 0.15) is 29.5 Å². The Hall–Kier alpha value is -3.84. The predicted molar refractivity (Wildman–Crippen MR) is 145 cm³/mol. The van der Waals surface area contributed by atoms with Crippen molar-refractivity contribution in [3.8, 4) is 0 Å². The zero-order valence-corrected chi connectivity index (χ0v) is 22.1. The summed E-state index contributed by atoms with van der Waals surface area (Å²) in [7, 11) is 1.19. The first kappa shape index (κ1) is 26.8. The standard InChI is InChI=1S/C26H29FN6O5S/c1-38-26(35)21(14-16-4-6-19-18(23(16)27)8-10-29-24(19)28)32-13-9-20(25(32)34)33(39(36)37)17-5-7-22(30-15-17)31-11-2-3-12-31/h4-8,10,15,20-21H,2-3,9,11-14H2,1H3,(H2,28,29)(H,36,37)/t20-,21+/m0/s1. The number of hydrogen-bond acceptors (Lipinski definition) is 8. The maximum Gasteiger partial charge on any atom is 0.328 e. The molecule has 2 aliphatic heterocycles. The quantitative estimate of drug-likeness (QED) is 0.316. The van der Waals surface area contributed by atoms with Gasteiger partial charge in [-0.3, -0.25) is 13.7 Å². The lowest BCUT2D eigenvalue weighted by atomic mass is 10.0. The number of aromatic nitrogens is 2. The van der Waals surface area contributed by atoms with E-state index in [9.17, 15) is 18.4 Å². The summed E-state index contributed by atoms with van der Waals surface area (Å²) in [6.07, 6.45) is 5.06. The Morgan fingerprint density at radius 3 is 2.64 bits per heavy atom. The van der Waals surface area contributed by atoms with E-state index in [0.29, 0.717) is 11.1 Å². The van der Waals surface area contributed by atoms with Crippen molar-refractivity contribution < 1.29 is 27.5 Å². The number of pyridine rings is 2. The average Bonchev–Trinajstić information content (AvgIpc) is 3.60. The van der Waals surface area contributed by atoms with Crippen LogP contribution in [0.1, 0.15) is 24.8 Å². The van der Waals surface area contributed by atoms with Gasteiger partial charge in [0.2, 0.25) is 5.91 Å². The number of methoxy groups -OCH3 is 1. The summed E-state index contributed by atoms with van der Waals surface area (Å²) >= 11 is -2.54. The number of likely N-dealkylation sites (tertiary alicyclic amines) is 1. The van der Waals surface area contributed by atoms with Crippen molar-refractivity contribution in [3.63, 3.8) is 0 Å². The number of hydrogen-bond donors (Lipinski definition) is 2. The minimum atomic E-state index is -2.54. The van der Waals surface area contributed by atoms with Crippen LogP contribution < -0.4 is 14.9 Å². The molecule has 0 bridgehead atoms. The van der Waals surface area contributed by atoms with Gasteiger partial charge in [-0.25, -0.2) is 23.4 Å². The molecule has 0 aliphatic carbocycles. The number of fused-ring (bicyclic) bond motifs is 1. The van der Waals surface area contributed by atoms with Crippen LogP contribution in [0.3, 0.4) is 0 Å². The highest BCUT2D eigenvalue weighted by Crippen LogP contribution is 2.30. The smallest absolute Gasteiger partial charge is 0.328 e. The van der Waals surface area contributed by atoms with Gasteiger partial charge >= 0.3 is 5.97 Å². The van der Waals surface area contributed by atoms with E-state index in [1.54, 1.807) is 18.2 Å². The SMILES string of the molecule is COC(=O)[C@@H](Cc1ccc2c(N)nccc2c1F)N1CC[C@H](N(c2ccc(N3CCCC3)nc2)S(=O)O)C1=O. The predicted octanol–water partition coefficient (Wildman–Crippen LogP) is 2.28. The van der Waals surface area contributed by atoms with Gasteiger partial charge in [0.25, 0.3) is 11.3 Å². The third-order valence-electron chi connectivity index (χ3n) is 7.33. The highest BCUT2D eigenvalue weighted by atomic mass is 32.2. The molecule has 2 saturated heterocycles. The summed E-state index contributed by atoms with van der Waals surface area (Å²) in [5.74, 6) is -0.877. The van der Waals surface area contributed by atoms with Crippen LogP contribution in [0.15, 0.2) is 42.7 Å². The lowest BCUT2D eigenvalue weighted by Gasteiger charge is -2.29. The van der Waals surface area contributed by atoms with Crippen LogP contribution in [0.5, 0.6) is 0 Å². The number of rotatable bonds is 8. The second kappa shape index (κ2) is 11.1. The van der Waals surface area contributed by atoms with Crippen molar-refractivity contribution >= 4 is 51.2 Å². The van der Waals surface area contributed by atoms with E-state index in [2.05, 4.69) is 14.9 Å². The number of nitrogen functional groups attached to an aromatic ring is 1. The van der Waals surface area contributed by atoms with Gasteiger partial charge < -0.3 is 20.3 Å². The second-order valence-electron chi connectivity index (χ2n) is 9.53. The van der Waals surface area contributed by atoms with Crippen molar-refractivity contribution in [2.75, 3.05) is 41.7 Å². The van der Waals surface area contributed by atoms with Crippen LogP contribution >= 0.6 is 0 Å². The maximum atomic E-state index is 15.4. The molecular weight excluding hydrogens is 527 g/mol. The fourth-order valence-electron chi connectivity index (χ4n) is 5.34. The Kier molecular flexibility index (Phi) is 7.62. The van der Waals surface area contributed by atoms with E-state index < -0.39 is 41.0 Å². The van der Waals surface area contributed by atoms with Crippen molar-refractivity contribution in [1.82, 2.24) is 14.9 Å². The number of esters is 1. The van der Waals surface area contributed by atoms with Crippen LogP contribution in [0.25, 0.3) is 10.8 Å². The number of nitrogens with two attached hydrogens (primary N) is 1. The number of carbonyl (C=O) groups excluding carboxylic acids is 2. The minimum absolute atomic E-state index is 0.113. The van der Waals surface area contributed by atoms with Gasteiger partial charge in [-0.15, -0.1) is 0 Å². The molecule has 13 heteroatoms. The molecule has 0 spiro atoms. The van der Waals surface area contributed by atoms with E-state index in [1.165, 1.54) is 36.5 Å². The third-order valence-corrected chi connectivity index (χ3v) is 8.13. The molecule has 11 nitrogen and oxygen atoms in total. The fourth-order valence-corrected chi connectivity index (χ4v) is 6.04. The Balaban J connectivity index is 1.40. The molecule has 0 radical (unpaired) electrons. The molecule has 2 aliphatic rings. The van der Waals surface area contributed by atoms with Crippen LogP contribution in [-0.2, 0) is 32.0 Å². The summed E-state index contributed by atoms with van der Waals surface area (Å²) in [6, 6.07) is 5.89. The zero-order chi connectivity index (χ0) is 27.7. The van der Waals surface area contributed by atoms with Gasteiger partial charge in [0.15, 0.2) is 0 Å². The van der Waals surface area contributed by atoms with E-state index >= 15 is 4.39 Å². The van der Waals surface area contributed by atoms with E-state index in [1.807, 2.05) is 0 Å².